The Balaban J connectivity index is 1.16. The summed E-state index contributed by atoms with van der Waals surface area (Å²) in [5.74, 6) is 0. The molecule has 0 fully saturated rings. The minimum absolute atomic E-state index is 0.862. The maximum atomic E-state index is 6.83. The van der Waals surface area contributed by atoms with E-state index >= 15 is 0 Å². The third kappa shape index (κ3) is 3.43. The third-order valence-corrected chi connectivity index (χ3v) is 11.7. The van der Waals surface area contributed by atoms with Crippen LogP contribution in [-0.2, 0) is 0 Å². The molecule has 4 heterocycles. The van der Waals surface area contributed by atoms with Crippen LogP contribution in [0.5, 0.6) is 0 Å². The van der Waals surface area contributed by atoms with Gasteiger partial charge in [0.1, 0.15) is 27.9 Å². The molecular formula is C46H24O3S. The first-order chi connectivity index (χ1) is 24.8. The van der Waals surface area contributed by atoms with Gasteiger partial charge in [-0.05, 0) is 75.1 Å². The third-order valence-electron chi connectivity index (χ3n) is 10.6. The maximum absolute atomic E-state index is 6.83. The molecule has 0 N–H and O–H groups in total. The summed E-state index contributed by atoms with van der Waals surface area (Å²) in [5, 5.41) is 12.9. The van der Waals surface area contributed by atoms with Crippen molar-refractivity contribution >= 4 is 108 Å². The summed E-state index contributed by atoms with van der Waals surface area (Å²) >= 11 is 1.84. The van der Waals surface area contributed by atoms with E-state index in [9.17, 15) is 0 Å². The van der Waals surface area contributed by atoms with Gasteiger partial charge in [0.25, 0.3) is 0 Å². The molecule has 4 heteroatoms. The molecule has 3 nitrogen and oxygen atoms in total. The van der Waals surface area contributed by atoms with Gasteiger partial charge in [-0.2, -0.15) is 0 Å². The van der Waals surface area contributed by atoms with Crippen molar-refractivity contribution in [2.45, 2.75) is 0 Å². The molecule has 12 rings (SSSR count). The fraction of sp³-hybridized carbons (Fsp3) is 0. The Hall–Kier alpha value is -6.36. The molecule has 4 aromatic heterocycles. The van der Waals surface area contributed by atoms with E-state index in [0.29, 0.717) is 0 Å². The molecule has 0 atom stereocenters. The molecule has 0 saturated carbocycles. The highest BCUT2D eigenvalue weighted by Crippen LogP contribution is 2.49. The molecule has 50 heavy (non-hydrogen) atoms. The van der Waals surface area contributed by atoms with Crippen LogP contribution in [0.4, 0.5) is 0 Å². The highest BCUT2D eigenvalue weighted by atomic mass is 32.1. The number of hydrogen-bond donors (Lipinski definition) is 0. The zero-order valence-electron chi connectivity index (χ0n) is 26.5. The quantitative estimate of drug-likeness (QED) is 0.174. The Morgan fingerprint density at radius 1 is 0.380 bits per heavy atom. The molecule has 0 spiro atoms. The predicted octanol–water partition coefficient (Wildman–Crippen LogP) is 14.2. The minimum Gasteiger partial charge on any atom is -0.464 e. The van der Waals surface area contributed by atoms with Crippen LogP contribution in [0.1, 0.15) is 0 Å². The predicted molar refractivity (Wildman–Crippen MR) is 210 cm³/mol. The van der Waals surface area contributed by atoms with E-state index in [4.69, 9.17) is 13.3 Å². The average Bonchev–Trinajstić information content (AvgIpc) is 3.95. The first kappa shape index (κ1) is 26.6. The second-order valence-electron chi connectivity index (χ2n) is 13.1. The lowest BCUT2D eigenvalue weighted by Crippen LogP contribution is -1.91. The number of furan rings is 3. The molecule has 0 aliphatic rings. The van der Waals surface area contributed by atoms with Crippen LogP contribution in [0.3, 0.4) is 0 Å². The van der Waals surface area contributed by atoms with Crippen molar-refractivity contribution in [3.05, 3.63) is 146 Å². The molecule has 0 bridgehead atoms. The Morgan fingerprint density at radius 3 is 1.82 bits per heavy atom. The van der Waals surface area contributed by atoms with Crippen molar-refractivity contribution in [2.75, 3.05) is 0 Å². The summed E-state index contributed by atoms with van der Waals surface area (Å²) in [5.41, 5.74) is 9.16. The second kappa shape index (κ2) is 9.63. The molecule has 0 amide bonds. The topological polar surface area (TPSA) is 39.4 Å². The second-order valence-corrected chi connectivity index (χ2v) is 14.2. The van der Waals surface area contributed by atoms with Crippen molar-refractivity contribution in [1.29, 1.82) is 0 Å². The summed E-state index contributed by atoms with van der Waals surface area (Å²) in [6.07, 6.45) is 1.79. The number of rotatable bonds is 2. The van der Waals surface area contributed by atoms with Gasteiger partial charge in [-0.15, -0.1) is 11.3 Å². The van der Waals surface area contributed by atoms with E-state index < -0.39 is 0 Å². The summed E-state index contributed by atoms with van der Waals surface area (Å²) in [6, 6.07) is 49.9. The van der Waals surface area contributed by atoms with E-state index in [1.54, 1.807) is 6.26 Å². The summed E-state index contributed by atoms with van der Waals surface area (Å²) in [6.45, 7) is 0. The summed E-state index contributed by atoms with van der Waals surface area (Å²) in [7, 11) is 0. The van der Waals surface area contributed by atoms with Crippen LogP contribution in [0.25, 0.3) is 119 Å². The first-order valence-corrected chi connectivity index (χ1v) is 17.6. The average molecular weight is 657 g/mol. The molecule has 0 unspecified atom stereocenters. The minimum atomic E-state index is 0.862. The van der Waals surface area contributed by atoms with Crippen molar-refractivity contribution < 1.29 is 13.3 Å². The Morgan fingerprint density at radius 2 is 1.02 bits per heavy atom. The van der Waals surface area contributed by atoms with Gasteiger partial charge < -0.3 is 13.3 Å². The standard InChI is InChI=1S/C46H24O3S/c1-3-10-28-26(8-1)41(25-16-17-32-40(24-25)50-39-21-20-35-31(43(32)39)22-23-47-35)27-9-2-4-11-29(27)42(28)33-13-7-14-34-45-38(49-46(33)34)19-18-37-44(45)30-12-5-6-15-36(30)48-37/h1-24H. The fourth-order valence-electron chi connectivity index (χ4n) is 8.50. The molecule has 0 aliphatic heterocycles. The van der Waals surface area contributed by atoms with Crippen LogP contribution in [-0.4, -0.2) is 0 Å². The van der Waals surface area contributed by atoms with E-state index in [2.05, 4.69) is 115 Å². The van der Waals surface area contributed by atoms with Gasteiger partial charge >= 0.3 is 0 Å². The first-order valence-electron chi connectivity index (χ1n) is 16.8. The van der Waals surface area contributed by atoms with Crippen LogP contribution in [0.2, 0.25) is 0 Å². The van der Waals surface area contributed by atoms with Crippen molar-refractivity contribution in [3.63, 3.8) is 0 Å². The zero-order valence-corrected chi connectivity index (χ0v) is 27.3. The van der Waals surface area contributed by atoms with Crippen molar-refractivity contribution in [1.82, 2.24) is 0 Å². The molecule has 0 aliphatic carbocycles. The smallest absolute Gasteiger partial charge is 0.143 e. The van der Waals surface area contributed by atoms with Crippen LogP contribution < -0.4 is 0 Å². The van der Waals surface area contributed by atoms with Crippen LogP contribution in [0, 0.1) is 0 Å². The fourth-order valence-corrected chi connectivity index (χ4v) is 9.67. The number of thiophene rings is 1. The Labute approximate surface area is 288 Å². The highest BCUT2D eigenvalue weighted by molar-refractivity contribution is 7.26. The van der Waals surface area contributed by atoms with Crippen LogP contribution >= 0.6 is 11.3 Å². The number of benzene rings is 8. The lowest BCUT2D eigenvalue weighted by Gasteiger charge is -2.18. The molecular weight excluding hydrogens is 633 g/mol. The van der Waals surface area contributed by atoms with Gasteiger partial charge in [-0.1, -0.05) is 97.1 Å². The SMILES string of the molecule is c1ccc2c(c1)oc1ccc3oc4c(-c5c6ccccc6c(-c6ccc7c(c6)sc6ccc8occc8c67)c6ccccc56)cccc4c3c12. The zero-order chi connectivity index (χ0) is 32.5. The Bertz CT molecular complexity index is 3330. The molecule has 8 aromatic carbocycles. The normalized spacial score (nSPS) is 12.4. The van der Waals surface area contributed by atoms with Gasteiger partial charge in [0.2, 0.25) is 0 Å². The van der Waals surface area contributed by atoms with E-state index in [-0.39, 0.29) is 0 Å². The van der Waals surface area contributed by atoms with Gasteiger partial charge in [0.15, 0.2) is 0 Å². The molecule has 232 valence electrons. The van der Waals surface area contributed by atoms with Crippen molar-refractivity contribution in [3.8, 4) is 22.3 Å². The number of fused-ring (bicyclic) bond motifs is 14. The summed E-state index contributed by atoms with van der Waals surface area (Å²) < 4.78 is 21.4. The highest BCUT2D eigenvalue weighted by Gasteiger charge is 2.22. The lowest BCUT2D eigenvalue weighted by atomic mass is 9.85. The van der Waals surface area contributed by atoms with Gasteiger partial charge in [0.05, 0.1) is 6.26 Å². The summed E-state index contributed by atoms with van der Waals surface area (Å²) in [4.78, 5) is 0. The van der Waals surface area contributed by atoms with Crippen molar-refractivity contribution in [2.24, 2.45) is 0 Å². The maximum Gasteiger partial charge on any atom is 0.143 e. The van der Waals surface area contributed by atoms with E-state index in [1.807, 2.05) is 35.6 Å². The lowest BCUT2D eigenvalue weighted by molar-refractivity contribution is 0.616. The van der Waals surface area contributed by atoms with Gasteiger partial charge in [-0.25, -0.2) is 0 Å². The monoisotopic (exact) mass is 656 g/mol. The van der Waals surface area contributed by atoms with E-state index in [1.165, 1.54) is 63.8 Å². The molecule has 12 aromatic rings. The van der Waals surface area contributed by atoms with Gasteiger partial charge in [0, 0.05) is 58.2 Å². The van der Waals surface area contributed by atoms with E-state index in [0.717, 1.165) is 55.0 Å². The van der Waals surface area contributed by atoms with Crippen LogP contribution in [0.15, 0.2) is 159 Å². The molecule has 0 radical (unpaired) electrons. The molecule has 0 saturated heterocycles. The largest absolute Gasteiger partial charge is 0.464 e. The Kier molecular flexibility index (Phi) is 5.12. The van der Waals surface area contributed by atoms with Gasteiger partial charge in [-0.3, -0.25) is 0 Å². The number of hydrogen-bond acceptors (Lipinski definition) is 4. The number of para-hydroxylation sites is 2.